The molecule has 6 nitrogen and oxygen atoms in total. The molecule has 0 aliphatic carbocycles. The van der Waals surface area contributed by atoms with Crippen LogP contribution in [0.5, 0.6) is 0 Å². The third-order valence-electron chi connectivity index (χ3n) is 1.83. The lowest BCUT2D eigenvalue weighted by Crippen LogP contribution is -2.33. The van der Waals surface area contributed by atoms with Gasteiger partial charge in [-0.3, -0.25) is 14.3 Å². The summed E-state index contributed by atoms with van der Waals surface area (Å²) in [4.78, 5) is 24.2. The molecule has 6 heteroatoms. The Kier molecular flexibility index (Phi) is 2.84. The van der Waals surface area contributed by atoms with Crippen molar-refractivity contribution >= 4 is 0 Å². The summed E-state index contributed by atoms with van der Waals surface area (Å²) in [5, 5.41) is 17.4. The molecule has 0 unspecified atom stereocenters. The lowest BCUT2D eigenvalue weighted by atomic mass is 10.3. The van der Waals surface area contributed by atoms with Crippen molar-refractivity contribution in [3.8, 4) is 6.07 Å². The molecular weight excluding hydrogens is 186 g/mol. The van der Waals surface area contributed by atoms with Crippen LogP contribution < -0.4 is 11.2 Å². The fraction of sp³-hybridized carbons (Fsp3) is 0.375. The van der Waals surface area contributed by atoms with Gasteiger partial charge in [-0.1, -0.05) is 0 Å². The first-order valence-electron chi connectivity index (χ1n) is 3.96. The first-order valence-corrected chi connectivity index (χ1v) is 3.96. The molecule has 0 saturated carbocycles. The molecule has 0 bridgehead atoms. The van der Waals surface area contributed by atoms with Crippen molar-refractivity contribution in [1.82, 2.24) is 9.55 Å². The standard InChI is InChI=1S/C8H9N3O3/c1-5(4-12)11-3-6(2-9)7(13)10-8(11)14/h3,5,12H,4H2,1H3,(H,10,13,14)/t5-/m1/s1. The monoisotopic (exact) mass is 195 g/mol. The van der Waals surface area contributed by atoms with E-state index in [0.29, 0.717) is 0 Å². The highest BCUT2D eigenvalue weighted by atomic mass is 16.3. The highest BCUT2D eigenvalue weighted by molar-refractivity contribution is 5.21. The number of hydrogen-bond donors (Lipinski definition) is 2. The van der Waals surface area contributed by atoms with Crippen molar-refractivity contribution in [1.29, 1.82) is 5.26 Å². The quantitative estimate of drug-likeness (QED) is 0.629. The Balaban J connectivity index is 3.41. The molecule has 2 N–H and O–H groups in total. The van der Waals surface area contributed by atoms with E-state index >= 15 is 0 Å². The van der Waals surface area contributed by atoms with Gasteiger partial charge in [0.2, 0.25) is 0 Å². The second kappa shape index (κ2) is 3.89. The maximum atomic E-state index is 11.2. The van der Waals surface area contributed by atoms with Crippen LogP contribution in [0.1, 0.15) is 18.5 Å². The van der Waals surface area contributed by atoms with Gasteiger partial charge in [0.15, 0.2) is 0 Å². The van der Waals surface area contributed by atoms with Gasteiger partial charge in [-0.2, -0.15) is 5.26 Å². The van der Waals surface area contributed by atoms with Crippen molar-refractivity contribution in [2.24, 2.45) is 0 Å². The fourth-order valence-corrected chi connectivity index (χ4v) is 0.980. The van der Waals surface area contributed by atoms with Crippen molar-refractivity contribution in [3.63, 3.8) is 0 Å². The fourth-order valence-electron chi connectivity index (χ4n) is 0.980. The number of aromatic amines is 1. The summed E-state index contributed by atoms with van der Waals surface area (Å²) in [5.41, 5.74) is -1.49. The van der Waals surface area contributed by atoms with E-state index in [1.165, 1.54) is 0 Å². The number of aromatic nitrogens is 2. The van der Waals surface area contributed by atoms with E-state index < -0.39 is 17.3 Å². The SMILES string of the molecule is C[C@H](CO)n1cc(C#N)c(=O)[nH]c1=O. The topological polar surface area (TPSA) is 98.9 Å². The first kappa shape index (κ1) is 10.2. The Morgan fingerprint density at radius 3 is 2.86 bits per heavy atom. The number of nitriles is 1. The van der Waals surface area contributed by atoms with Gasteiger partial charge in [-0.15, -0.1) is 0 Å². The van der Waals surface area contributed by atoms with E-state index in [9.17, 15) is 9.59 Å². The Bertz CT molecular complexity index is 480. The molecular formula is C8H9N3O3. The number of aliphatic hydroxyl groups is 1. The summed E-state index contributed by atoms with van der Waals surface area (Å²) < 4.78 is 1.11. The van der Waals surface area contributed by atoms with Gasteiger partial charge >= 0.3 is 5.69 Å². The average Bonchev–Trinajstić information content (AvgIpc) is 2.17. The zero-order valence-corrected chi connectivity index (χ0v) is 7.52. The van der Waals surface area contributed by atoms with Crippen LogP contribution in [0.3, 0.4) is 0 Å². The molecule has 0 radical (unpaired) electrons. The smallest absolute Gasteiger partial charge is 0.328 e. The third kappa shape index (κ3) is 1.72. The van der Waals surface area contributed by atoms with Crippen molar-refractivity contribution in [3.05, 3.63) is 32.6 Å². The Labute approximate surface area is 79.1 Å². The predicted molar refractivity (Wildman–Crippen MR) is 47.8 cm³/mol. The molecule has 1 aromatic rings. The van der Waals surface area contributed by atoms with E-state index in [4.69, 9.17) is 10.4 Å². The summed E-state index contributed by atoms with van der Waals surface area (Å²) >= 11 is 0. The van der Waals surface area contributed by atoms with Crippen LogP contribution in [-0.4, -0.2) is 21.3 Å². The second-order valence-electron chi connectivity index (χ2n) is 2.85. The second-order valence-corrected chi connectivity index (χ2v) is 2.85. The normalized spacial score (nSPS) is 12.1. The Morgan fingerprint density at radius 2 is 2.36 bits per heavy atom. The highest BCUT2D eigenvalue weighted by Gasteiger charge is 2.08. The Hall–Kier alpha value is -1.87. The van der Waals surface area contributed by atoms with Gasteiger partial charge in [-0.05, 0) is 6.92 Å². The van der Waals surface area contributed by atoms with E-state index in [1.807, 2.05) is 4.98 Å². The molecule has 1 heterocycles. The van der Waals surface area contributed by atoms with Gasteiger partial charge in [0.1, 0.15) is 11.6 Å². The lowest BCUT2D eigenvalue weighted by Gasteiger charge is -2.10. The summed E-state index contributed by atoms with van der Waals surface area (Å²) in [7, 11) is 0. The minimum atomic E-state index is -0.709. The van der Waals surface area contributed by atoms with Crippen LogP contribution >= 0.6 is 0 Å². The first-order chi connectivity index (χ1) is 6.60. The van der Waals surface area contributed by atoms with Gasteiger partial charge in [0, 0.05) is 6.20 Å². The summed E-state index contributed by atoms with van der Waals surface area (Å²) in [6, 6.07) is 1.19. The number of H-pyrrole nitrogens is 1. The molecule has 0 amide bonds. The van der Waals surface area contributed by atoms with E-state index in [2.05, 4.69) is 0 Å². The third-order valence-corrected chi connectivity index (χ3v) is 1.83. The van der Waals surface area contributed by atoms with Gasteiger partial charge in [0.25, 0.3) is 5.56 Å². The molecule has 0 saturated heterocycles. The minimum Gasteiger partial charge on any atom is -0.394 e. The molecule has 1 atom stereocenters. The maximum Gasteiger partial charge on any atom is 0.328 e. The maximum absolute atomic E-state index is 11.2. The van der Waals surface area contributed by atoms with Crippen LogP contribution in [0, 0.1) is 11.3 Å². The number of rotatable bonds is 2. The molecule has 0 aliphatic heterocycles. The number of nitrogens with one attached hydrogen (secondary N) is 1. The zero-order valence-electron chi connectivity index (χ0n) is 7.52. The molecule has 1 rings (SSSR count). The van der Waals surface area contributed by atoms with Gasteiger partial charge < -0.3 is 5.11 Å². The molecule has 0 aliphatic rings. The van der Waals surface area contributed by atoms with Crippen molar-refractivity contribution in [2.75, 3.05) is 6.61 Å². The number of hydrogen-bond acceptors (Lipinski definition) is 4. The molecule has 14 heavy (non-hydrogen) atoms. The molecule has 0 fully saturated rings. The number of aliphatic hydroxyl groups excluding tert-OH is 1. The van der Waals surface area contributed by atoms with Crippen LogP contribution in [0.25, 0.3) is 0 Å². The Morgan fingerprint density at radius 1 is 1.71 bits per heavy atom. The molecule has 0 aromatic carbocycles. The predicted octanol–water partition coefficient (Wildman–Crippen LogP) is -1.04. The molecule has 74 valence electrons. The van der Waals surface area contributed by atoms with E-state index in [0.717, 1.165) is 10.8 Å². The lowest BCUT2D eigenvalue weighted by molar-refractivity contribution is 0.235. The van der Waals surface area contributed by atoms with Crippen LogP contribution in [-0.2, 0) is 0 Å². The molecule has 0 spiro atoms. The average molecular weight is 195 g/mol. The summed E-state index contributed by atoms with van der Waals surface area (Å²) in [6.45, 7) is 1.36. The van der Waals surface area contributed by atoms with Crippen LogP contribution in [0.15, 0.2) is 15.8 Å². The summed E-state index contributed by atoms with van der Waals surface area (Å²) in [5.74, 6) is 0. The summed E-state index contributed by atoms with van der Waals surface area (Å²) in [6.07, 6.45) is 1.14. The van der Waals surface area contributed by atoms with Crippen molar-refractivity contribution < 1.29 is 5.11 Å². The largest absolute Gasteiger partial charge is 0.394 e. The molecule has 1 aromatic heterocycles. The van der Waals surface area contributed by atoms with E-state index in [-0.39, 0.29) is 12.2 Å². The van der Waals surface area contributed by atoms with Gasteiger partial charge in [-0.25, -0.2) is 4.79 Å². The van der Waals surface area contributed by atoms with Gasteiger partial charge in [0.05, 0.1) is 12.6 Å². The van der Waals surface area contributed by atoms with E-state index in [1.54, 1.807) is 13.0 Å². The van der Waals surface area contributed by atoms with Crippen molar-refractivity contribution in [2.45, 2.75) is 13.0 Å². The zero-order chi connectivity index (χ0) is 10.7. The minimum absolute atomic E-state index is 0.148. The highest BCUT2D eigenvalue weighted by Crippen LogP contribution is 1.98. The van der Waals surface area contributed by atoms with Crippen LogP contribution in [0.4, 0.5) is 0 Å². The number of nitrogens with zero attached hydrogens (tertiary/aromatic N) is 2. The van der Waals surface area contributed by atoms with Crippen LogP contribution in [0.2, 0.25) is 0 Å².